The normalized spacial score (nSPS) is 11.8. The van der Waals surface area contributed by atoms with Crippen LogP contribution in [0.15, 0.2) is 0 Å². The molecule has 4 nitrogen and oxygen atoms in total. The maximum Gasteiger partial charge on any atom is 0.323 e. The number of terminal acetylenes is 1. The van der Waals surface area contributed by atoms with E-state index in [1.807, 2.05) is 0 Å². The number of rotatable bonds is 5. The molecule has 0 amide bonds. The van der Waals surface area contributed by atoms with E-state index in [1.54, 1.807) is 0 Å². The van der Waals surface area contributed by atoms with Crippen LogP contribution >= 0.6 is 0 Å². The predicted molar refractivity (Wildman–Crippen MR) is 44.3 cm³/mol. The molecule has 0 aliphatic heterocycles. The van der Waals surface area contributed by atoms with E-state index in [2.05, 4.69) is 10.7 Å². The average Bonchev–Trinajstić information content (AvgIpc) is 2.05. The molecule has 0 aromatic carbocycles. The number of carbonyl (C=O) groups is 1. The molecular weight excluding hydrogens is 158 g/mol. The lowest BCUT2D eigenvalue weighted by Gasteiger charge is -2.07. The minimum Gasteiger partial charge on any atom is -0.462 e. The number of hydrogen-bond donors (Lipinski definition) is 1. The third kappa shape index (κ3) is 4.72. The highest BCUT2D eigenvalue weighted by atomic mass is 16.6. The van der Waals surface area contributed by atoms with E-state index in [4.69, 9.17) is 16.9 Å². The van der Waals surface area contributed by atoms with Crippen molar-refractivity contribution in [3.8, 4) is 12.3 Å². The molecule has 1 atom stereocenters. The SMILES string of the molecule is C#CCC(N)C(=O)OCCOC. The van der Waals surface area contributed by atoms with Gasteiger partial charge in [0.25, 0.3) is 0 Å². The quantitative estimate of drug-likeness (QED) is 0.345. The molecule has 0 aromatic rings. The van der Waals surface area contributed by atoms with Crippen molar-refractivity contribution in [2.75, 3.05) is 20.3 Å². The van der Waals surface area contributed by atoms with Gasteiger partial charge in [0.2, 0.25) is 0 Å². The van der Waals surface area contributed by atoms with Crippen molar-refractivity contribution in [2.45, 2.75) is 12.5 Å². The van der Waals surface area contributed by atoms with Gasteiger partial charge in [-0.15, -0.1) is 12.3 Å². The fraction of sp³-hybridized carbons (Fsp3) is 0.625. The second kappa shape index (κ2) is 6.65. The van der Waals surface area contributed by atoms with E-state index in [0.717, 1.165) is 0 Å². The number of methoxy groups -OCH3 is 1. The minimum atomic E-state index is -0.716. The second-order valence-corrected chi connectivity index (χ2v) is 2.18. The molecule has 0 spiro atoms. The van der Waals surface area contributed by atoms with Crippen LogP contribution in [0.4, 0.5) is 0 Å². The third-order valence-electron chi connectivity index (χ3n) is 1.17. The van der Waals surface area contributed by atoms with Gasteiger partial charge in [0.1, 0.15) is 12.6 Å². The highest BCUT2D eigenvalue weighted by Crippen LogP contribution is 1.90. The van der Waals surface area contributed by atoms with Crippen molar-refractivity contribution in [3.63, 3.8) is 0 Å². The Morgan fingerprint density at radius 1 is 1.67 bits per heavy atom. The number of carbonyl (C=O) groups excluding carboxylic acids is 1. The van der Waals surface area contributed by atoms with Crippen molar-refractivity contribution < 1.29 is 14.3 Å². The first-order valence-corrected chi connectivity index (χ1v) is 3.57. The molecular formula is C8H13NO3. The molecule has 12 heavy (non-hydrogen) atoms. The molecule has 1 unspecified atom stereocenters. The summed E-state index contributed by atoms with van der Waals surface area (Å²) in [5, 5.41) is 0. The Morgan fingerprint density at radius 2 is 2.33 bits per heavy atom. The molecule has 0 bridgehead atoms. The fourth-order valence-corrected chi connectivity index (χ4v) is 0.543. The van der Waals surface area contributed by atoms with Gasteiger partial charge in [-0.05, 0) is 0 Å². The van der Waals surface area contributed by atoms with Gasteiger partial charge in [0, 0.05) is 13.5 Å². The van der Waals surface area contributed by atoms with E-state index in [9.17, 15) is 4.79 Å². The third-order valence-corrected chi connectivity index (χ3v) is 1.17. The molecule has 0 aliphatic rings. The van der Waals surface area contributed by atoms with Crippen molar-refractivity contribution in [1.82, 2.24) is 0 Å². The smallest absolute Gasteiger partial charge is 0.323 e. The van der Waals surface area contributed by atoms with E-state index < -0.39 is 12.0 Å². The Kier molecular flexibility index (Phi) is 6.07. The van der Waals surface area contributed by atoms with Crippen molar-refractivity contribution in [3.05, 3.63) is 0 Å². The van der Waals surface area contributed by atoms with Gasteiger partial charge in [-0.2, -0.15) is 0 Å². The summed E-state index contributed by atoms with van der Waals surface area (Å²) in [4.78, 5) is 10.9. The first-order valence-electron chi connectivity index (χ1n) is 3.57. The zero-order valence-electron chi connectivity index (χ0n) is 7.08. The number of nitrogens with two attached hydrogens (primary N) is 1. The van der Waals surface area contributed by atoms with Crippen molar-refractivity contribution in [1.29, 1.82) is 0 Å². The largest absolute Gasteiger partial charge is 0.462 e. The summed E-state index contributed by atoms with van der Waals surface area (Å²) in [6, 6.07) is -0.716. The minimum absolute atomic E-state index is 0.200. The molecule has 0 saturated heterocycles. The zero-order chi connectivity index (χ0) is 9.40. The Labute approximate surface area is 72.0 Å². The van der Waals surface area contributed by atoms with E-state index >= 15 is 0 Å². The van der Waals surface area contributed by atoms with E-state index in [1.165, 1.54) is 7.11 Å². The van der Waals surface area contributed by atoms with E-state index in [0.29, 0.717) is 6.61 Å². The van der Waals surface area contributed by atoms with Gasteiger partial charge in [-0.1, -0.05) is 0 Å². The van der Waals surface area contributed by atoms with Crippen LogP contribution in [0.25, 0.3) is 0 Å². The lowest BCUT2D eigenvalue weighted by Crippen LogP contribution is -2.32. The molecule has 0 rings (SSSR count). The van der Waals surface area contributed by atoms with Crippen LogP contribution in [0.5, 0.6) is 0 Å². The molecule has 68 valence electrons. The Morgan fingerprint density at radius 3 is 2.83 bits per heavy atom. The molecule has 0 aliphatic carbocycles. The summed E-state index contributed by atoms with van der Waals surface area (Å²) in [7, 11) is 1.52. The summed E-state index contributed by atoms with van der Waals surface area (Å²) in [5.74, 6) is 1.80. The standard InChI is InChI=1S/C8H13NO3/c1-3-4-7(9)8(10)12-6-5-11-2/h1,7H,4-6,9H2,2H3. The Balaban J connectivity index is 3.51. The second-order valence-electron chi connectivity index (χ2n) is 2.18. The first-order chi connectivity index (χ1) is 5.72. The van der Waals surface area contributed by atoms with Crippen LogP contribution in [0, 0.1) is 12.3 Å². The summed E-state index contributed by atoms with van der Waals surface area (Å²) >= 11 is 0. The Bertz CT molecular complexity index is 174. The average molecular weight is 171 g/mol. The molecule has 2 N–H and O–H groups in total. The Hall–Kier alpha value is -1.05. The van der Waals surface area contributed by atoms with Crippen LogP contribution in [-0.4, -0.2) is 32.3 Å². The molecule has 0 fully saturated rings. The van der Waals surface area contributed by atoms with Gasteiger partial charge in [0.15, 0.2) is 0 Å². The maximum absolute atomic E-state index is 10.9. The molecule has 0 saturated carbocycles. The summed E-state index contributed by atoms with van der Waals surface area (Å²) in [6.45, 7) is 0.585. The van der Waals surface area contributed by atoms with Crippen molar-refractivity contribution in [2.24, 2.45) is 5.73 Å². The van der Waals surface area contributed by atoms with E-state index in [-0.39, 0.29) is 13.0 Å². The highest BCUT2D eigenvalue weighted by Gasteiger charge is 2.12. The van der Waals surface area contributed by atoms with Crippen LogP contribution in [0.3, 0.4) is 0 Å². The predicted octanol–water partition coefficient (Wildman–Crippen LogP) is -0.473. The van der Waals surface area contributed by atoms with Crippen LogP contribution in [-0.2, 0) is 14.3 Å². The van der Waals surface area contributed by atoms with Crippen LogP contribution in [0.1, 0.15) is 6.42 Å². The monoisotopic (exact) mass is 171 g/mol. The zero-order valence-corrected chi connectivity index (χ0v) is 7.08. The maximum atomic E-state index is 10.9. The highest BCUT2D eigenvalue weighted by molar-refractivity contribution is 5.75. The molecule has 0 aromatic heterocycles. The van der Waals surface area contributed by atoms with Gasteiger partial charge in [0.05, 0.1) is 6.61 Å². The van der Waals surface area contributed by atoms with Gasteiger partial charge in [-0.3, -0.25) is 4.79 Å². The van der Waals surface area contributed by atoms with Gasteiger partial charge >= 0.3 is 5.97 Å². The number of ether oxygens (including phenoxy) is 2. The summed E-state index contributed by atoms with van der Waals surface area (Å²) in [6.07, 6.45) is 5.16. The van der Waals surface area contributed by atoms with Crippen molar-refractivity contribution >= 4 is 5.97 Å². The van der Waals surface area contributed by atoms with Crippen LogP contribution in [0.2, 0.25) is 0 Å². The summed E-state index contributed by atoms with van der Waals surface area (Å²) in [5.41, 5.74) is 5.35. The number of esters is 1. The number of hydrogen-bond acceptors (Lipinski definition) is 4. The van der Waals surface area contributed by atoms with Gasteiger partial charge < -0.3 is 15.2 Å². The summed E-state index contributed by atoms with van der Waals surface area (Å²) < 4.78 is 9.39. The first kappa shape index (κ1) is 11.0. The van der Waals surface area contributed by atoms with Crippen LogP contribution < -0.4 is 5.73 Å². The molecule has 0 radical (unpaired) electrons. The van der Waals surface area contributed by atoms with Gasteiger partial charge in [-0.25, -0.2) is 0 Å². The molecule has 4 heteroatoms. The fourth-order valence-electron chi connectivity index (χ4n) is 0.543. The lowest BCUT2D eigenvalue weighted by atomic mass is 10.2. The lowest BCUT2D eigenvalue weighted by molar-refractivity contribution is -0.146. The topological polar surface area (TPSA) is 61.6 Å². The molecule has 0 heterocycles.